The Morgan fingerprint density at radius 3 is 2.74 bits per heavy atom. The monoisotopic (exact) mass is 261 g/mol. The van der Waals surface area contributed by atoms with Crippen molar-refractivity contribution in [2.45, 2.75) is 13.3 Å². The quantitative estimate of drug-likeness (QED) is 0.917. The third-order valence-electron chi connectivity index (χ3n) is 2.52. The number of pyridine rings is 1. The highest BCUT2D eigenvalue weighted by molar-refractivity contribution is 5.88. The number of carboxylic acids is 1. The van der Waals surface area contributed by atoms with E-state index in [9.17, 15) is 9.18 Å². The lowest BCUT2D eigenvalue weighted by atomic mass is 10.2. The van der Waals surface area contributed by atoms with Crippen LogP contribution in [-0.2, 0) is 6.42 Å². The van der Waals surface area contributed by atoms with E-state index in [0.29, 0.717) is 12.1 Å². The van der Waals surface area contributed by atoms with Gasteiger partial charge in [-0.1, -0.05) is 19.1 Å². The lowest BCUT2D eigenvalue weighted by Gasteiger charge is -2.08. The van der Waals surface area contributed by atoms with E-state index in [1.807, 2.05) is 6.92 Å². The van der Waals surface area contributed by atoms with Gasteiger partial charge in [-0.05, 0) is 24.6 Å². The van der Waals surface area contributed by atoms with Crippen molar-refractivity contribution < 1.29 is 19.0 Å². The van der Waals surface area contributed by atoms with Crippen molar-refractivity contribution in [3.8, 4) is 11.6 Å². The summed E-state index contributed by atoms with van der Waals surface area (Å²) in [6.07, 6.45) is 0.564. The predicted octanol–water partition coefficient (Wildman–Crippen LogP) is 3.27. The van der Waals surface area contributed by atoms with Crippen LogP contribution in [0, 0.1) is 5.82 Å². The highest BCUT2D eigenvalue weighted by Crippen LogP contribution is 2.23. The topological polar surface area (TPSA) is 59.4 Å². The Hall–Kier alpha value is -2.43. The van der Waals surface area contributed by atoms with E-state index in [0.717, 1.165) is 0 Å². The van der Waals surface area contributed by atoms with Gasteiger partial charge in [-0.15, -0.1) is 0 Å². The van der Waals surface area contributed by atoms with Gasteiger partial charge in [-0.3, -0.25) is 0 Å². The number of benzene rings is 1. The van der Waals surface area contributed by atoms with Gasteiger partial charge in [-0.25, -0.2) is 14.2 Å². The van der Waals surface area contributed by atoms with E-state index in [1.54, 1.807) is 12.1 Å². The molecule has 0 fully saturated rings. The van der Waals surface area contributed by atoms with Crippen molar-refractivity contribution in [3.05, 3.63) is 53.5 Å². The Bertz CT molecular complexity index is 613. The molecule has 98 valence electrons. The van der Waals surface area contributed by atoms with Crippen LogP contribution < -0.4 is 4.74 Å². The average molecular weight is 261 g/mol. The van der Waals surface area contributed by atoms with Crippen LogP contribution in [0.5, 0.6) is 11.6 Å². The Kier molecular flexibility index (Phi) is 3.75. The zero-order valence-electron chi connectivity index (χ0n) is 10.3. The van der Waals surface area contributed by atoms with Crippen LogP contribution in [0.1, 0.15) is 23.0 Å². The van der Waals surface area contributed by atoms with Crippen LogP contribution in [-0.4, -0.2) is 16.1 Å². The number of hydrogen-bond acceptors (Lipinski definition) is 3. The predicted molar refractivity (Wildman–Crippen MR) is 67.0 cm³/mol. The van der Waals surface area contributed by atoms with Crippen LogP contribution in [0.2, 0.25) is 0 Å². The van der Waals surface area contributed by atoms with Crippen LogP contribution in [0.15, 0.2) is 36.4 Å². The second-order valence-corrected chi connectivity index (χ2v) is 3.88. The molecular formula is C14H12FNO3. The zero-order valence-corrected chi connectivity index (χ0v) is 10.3. The Balaban J connectivity index is 2.37. The number of ether oxygens (including phenoxy) is 1. The van der Waals surface area contributed by atoms with Gasteiger partial charge < -0.3 is 9.84 Å². The molecule has 0 saturated carbocycles. The summed E-state index contributed by atoms with van der Waals surface area (Å²) in [5.74, 6) is -1.51. The molecule has 1 N–H and O–H groups in total. The smallest absolute Gasteiger partial charge is 0.335 e. The lowest BCUT2D eigenvalue weighted by Crippen LogP contribution is -2.01. The number of halogens is 1. The molecule has 19 heavy (non-hydrogen) atoms. The number of nitrogens with zero attached hydrogens (tertiary/aromatic N) is 1. The number of aromatic carboxylic acids is 1. The molecule has 1 aromatic heterocycles. The van der Waals surface area contributed by atoms with Crippen LogP contribution in [0.25, 0.3) is 0 Å². The van der Waals surface area contributed by atoms with Crippen molar-refractivity contribution in [3.63, 3.8) is 0 Å². The largest absolute Gasteiger partial charge is 0.478 e. The van der Waals surface area contributed by atoms with Crippen LogP contribution in [0.4, 0.5) is 4.39 Å². The molecule has 0 aliphatic heterocycles. The minimum atomic E-state index is -1.07. The first-order valence-corrected chi connectivity index (χ1v) is 5.76. The van der Waals surface area contributed by atoms with Gasteiger partial charge in [0.1, 0.15) is 0 Å². The number of hydrogen-bond donors (Lipinski definition) is 1. The van der Waals surface area contributed by atoms with E-state index in [-0.39, 0.29) is 17.2 Å². The Labute approximate surface area is 109 Å². The zero-order chi connectivity index (χ0) is 13.8. The molecule has 0 atom stereocenters. The SMILES string of the molecule is CCc1cc(C(=O)O)cc(Oc2ccccc2F)n1. The molecular weight excluding hydrogens is 249 g/mol. The molecule has 0 saturated heterocycles. The second-order valence-electron chi connectivity index (χ2n) is 3.88. The van der Waals surface area contributed by atoms with Gasteiger partial charge in [-0.2, -0.15) is 0 Å². The summed E-state index contributed by atoms with van der Waals surface area (Å²) in [6.45, 7) is 1.85. The summed E-state index contributed by atoms with van der Waals surface area (Å²) in [5.41, 5.74) is 0.643. The summed E-state index contributed by atoms with van der Waals surface area (Å²) in [4.78, 5) is 15.1. The molecule has 2 rings (SSSR count). The molecule has 0 unspecified atom stereocenters. The summed E-state index contributed by atoms with van der Waals surface area (Å²) >= 11 is 0. The number of carbonyl (C=O) groups is 1. The molecule has 1 heterocycles. The molecule has 0 aliphatic carbocycles. The molecule has 0 aliphatic rings. The van der Waals surface area contributed by atoms with E-state index in [1.165, 1.54) is 24.3 Å². The standard InChI is InChI=1S/C14H12FNO3/c1-2-10-7-9(14(17)18)8-13(16-10)19-12-6-4-3-5-11(12)15/h3-8H,2H2,1H3,(H,17,18). The summed E-state index contributed by atoms with van der Waals surface area (Å²) in [5, 5.41) is 8.99. The number of aryl methyl sites for hydroxylation is 1. The molecule has 2 aromatic rings. The maximum atomic E-state index is 13.4. The van der Waals surface area contributed by atoms with E-state index in [2.05, 4.69) is 4.98 Å². The summed E-state index contributed by atoms with van der Waals surface area (Å²) in [7, 11) is 0. The minimum absolute atomic E-state index is 0.0135. The van der Waals surface area contributed by atoms with Crippen molar-refractivity contribution in [1.29, 1.82) is 0 Å². The van der Waals surface area contributed by atoms with Gasteiger partial charge in [0.15, 0.2) is 11.6 Å². The normalized spacial score (nSPS) is 10.2. The Morgan fingerprint density at radius 1 is 1.37 bits per heavy atom. The highest BCUT2D eigenvalue weighted by Gasteiger charge is 2.10. The molecule has 0 amide bonds. The van der Waals surface area contributed by atoms with Gasteiger partial charge in [0.25, 0.3) is 0 Å². The van der Waals surface area contributed by atoms with Gasteiger partial charge in [0.2, 0.25) is 5.88 Å². The fourth-order valence-electron chi connectivity index (χ4n) is 1.56. The van der Waals surface area contributed by atoms with Crippen molar-refractivity contribution in [1.82, 2.24) is 4.98 Å². The van der Waals surface area contributed by atoms with Crippen LogP contribution >= 0.6 is 0 Å². The average Bonchev–Trinajstić information content (AvgIpc) is 2.41. The third kappa shape index (κ3) is 3.07. The number of rotatable bonds is 4. The fourth-order valence-corrected chi connectivity index (χ4v) is 1.56. The van der Waals surface area contributed by atoms with Crippen molar-refractivity contribution in [2.24, 2.45) is 0 Å². The molecule has 1 aromatic carbocycles. The maximum Gasteiger partial charge on any atom is 0.335 e. The number of carboxylic acid groups (broad SMARTS) is 1. The van der Waals surface area contributed by atoms with Crippen molar-refractivity contribution in [2.75, 3.05) is 0 Å². The summed E-state index contributed by atoms with van der Waals surface area (Å²) < 4.78 is 18.7. The van der Waals surface area contributed by atoms with E-state index < -0.39 is 11.8 Å². The van der Waals surface area contributed by atoms with E-state index in [4.69, 9.17) is 9.84 Å². The third-order valence-corrected chi connectivity index (χ3v) is 2.52. The first kappa shape index (κ1) is 13.0. The fraction of sp³-hybridized carbons (Fsp3) is 0.143. The molecule has 4 nitrogen and oxygen atoms in total. The maximum absolute atomic E-state index is 13.4. The minimum Gasteiger partial charge on any atom is -0.478 e. The number of aromatic nitrogens is 1. The van der Waals surface area contributed by atoms with Gasteiger partial charge >= 0.3 is 5.97 Å². The van der Waals surface area contributed by atoms with Crippen LogP contribution in [0.3, 0.4) is 0 Å². The second kappa shape index (κ2) is 5.48. The number of para-hydroxylation sites is 1. The Morgan fingerprint density at radius 2 is 2.11 bits per heavy atom. The first-order valence-electron chi connectivity index (χ1n) is 5.76. The summed E-state index contributed by atoms with van der Waals surface area (Å²) in [6, 6.07) is 8.62. The highest BCUT2D eigenvalue weighted by atomic mass is 19.1. The molecule has 0 radical (unpaired) electrons. The first-order chi connectivity index (χ1) is 9.10. The van der Waals surface area contributed by atoms with Gasteiger partial charge in [0.05, 0.1) is 5.56 Å². The molecule has 5 heteroatoms. The molecule has 0 bridgehead atoms. The van der Waals surface area contributed by atoms with E-state index >= 15 is 0 Å². The van der Waals surface area contributed by atoms with Gasteiger partial charge in [0, 0.05) is 11.8 Å². The molecule has 0 spiro atoms. The van der Waals surface area contributed by atoms with Crippen molar-refractivity contribution >= 4 is 5.97 Å². The lowest BCUT2D eigenvalue weighted by molar-refractivity contribution is 0.0696.